The van der Waals surface area contributed by atoms with Crippen molar-refractivity contribution in [2.24, 2.45) is 5.73 Å². The number of nitrogens with two attached hydrogens (primary N) is 1. The van der Waals surface area contributed by atoms with Crippen LogP contribution in [0.2, 0.25) is 5.02 Å². The molecule has 0 aliphatic heterocycles. The highest BCUT2D eigenvalue weighted by Gasteiger charge is 2.10. The minimum atomic E-state index is -0.596. The van der Waals surface area contributed by atoms with Gasteiger partial charge in [0.25, 0.3) is 0 Å². The second-order valence-corrected chi connectivity index (χ2v) is 5.99. The number of carbonyl (C=O) groups excluding carboxylic acids is 1. The highest BCUT2D eigenvalue weighted by molar-refractivity contribution is 6.32. The smallest absolute Gasteiger partial charge is 0.250 e. The van der Waals surface area contributed by atoms with E-state index < -0.39 is 5.91 Å². The van der Waals surface area contributed by atoms with Crippen LogP contribution in [0.25, 0.3) is 16.6 Å². The molecule has 2 N–H and O–H groups in total. The van der Waals surface area contributed by atoms with Crippen LogP contribution in [0, 0.1) is 0 Å². The van der Waals surface area contributed by atoms with Gasteiger partial charge in [0, 0.05) is 11.6 Å². The molecule has 0 saturated carbocycles. The summed E-state index contributed by atoms with van der Waals surface area (Å²) in [4.78, 5) is 15.2. The number of rotatable bonds is 4. The van der Waals surface area contributed by atoms with Crippen molar-refractivity contribution in [2.45, 2.75) is 0 Å². The van der Waals surface area contributed by atoms with Crippen molar-refractivity contribution in [3.05, 3.63) is 77.6 Å². The van der Waals surface area contributed by atoms with Crippen LogP contribution < -0.4 is 10.5 Å². The van der Waals surface area contributed by atoms with Crippen LogP contribution in [0.1, 0.15) is 10.4 Å². The monoisotopic (exact) mass is 364 g/mol. The third kappa shape index (κ3) is 2.98. The predicted octanol–water partition coefficient (Wildman–Crippen LogP) is 3.97. The first kappa shape index (κ1) is 16.1. The number of ether oxygens (including phenoxy) is 1. The maximum Gasteiger partial charge on any atom is 0.250 e. The molecule has 4 aromatic rings. The van der Waals surface area contributed by atoms with Crippen LogP contribution >= 0.6 is 11.6 Å². The Kier molecular flexibility index (Phi) is 4.02. The summed E-state index contributed by atoms with van der Waals surface area (Å²) in [5.41, 5.74) is 7.35. The first-order valence-corrected chi connectivity index (χ1v) is 8.16. The number of aromatic nitrogens is 3. The summed E-state index contributed by atoms with van der Waals surface area (Å²) in [5.74, 6) is 0.169. The van der Waals surface area contributed by atoms with Crippen LogP contribution in [0.3, 0.4) is 0 Å². The highest BCUT2D eigenvalue weighted by atomic mass is 35.5. The Balaban J connectivity index is 1.59. The lowest BCUT2D eigenvalue weighted by molar-refractivity contribution is 0.1000. The van der Waals surface area contributed by atoms with Crippen molar-refractivity contribution in [1.82, 2.24) is 14.8 Å². The van der Waals surface area contributed by atoms with Gasteiger partial charge in [-0.3, -0.25) is 4.79 Å². The zero-order valence-electron chi connectivity index (χ0n) is 13.5. The van der Waals surface area contributed by atoms with E-state index in [1.54, 1.807) is 12.1 Å². The first-order valence-electron chi connectivity index (χ1n) is 7.78. The molecule has 2 heterocycles. The standard InChI is InChI=1S/C19H13ClN4O2/c20-16-9-13(18(21)25)10-22-19(16)26-15-7-5-14(6-8-15)24-17-4-2-1-3-12(17)11-23-24/h1-11H,(H2,21,25). The average molecular weight is 365 g/mol. The van der Waals surface area contributed by atoms with Gasteiger partial charge in [-0.15, -0.1) is 0 Å². The summed E-state index contributed by atoms with van der Waals surface area (Å²) in [5, 5.41) is 5.70. The van der Waals surface area contributed by atoms with Crippen molar-refractivity contribution in [3.8, 4) is 17.3 Å². The van der Waals surface area contributed by atoms with E-state index >= 15 is 0 Å². The van der Waals surface area contributed by atoms with Gasteiger partial charge < -0.3 is 10.5 Å². The molecule has 7 heteroatoms. The van der Waals surface area contributed by atoms with E-state index in [0.29, 0.717) is 5.75 Å². The Hall–Kier alpha value is -3.38. The first-order chi connectivity index (χ1) is 12.6. The van der Waals surface area contributed by atoms with Crippen molar-refractivity contribution >= 4 is 28.4 Å². The molecule has 26 heavy (non-hydrogen) atoms. The second-order valence-electron chi connectivity index (χ2n) is 5.59. The highest BCUT2D eigenvalue weighted by Crippen LogP contribution is 2.28. The molecule has 6 nitrogen and oxygen atoms in total. The average Bonchev–Trinajstić information content (AvgIpc) is 3.08. The fourth-order valence-electron chi connectivity index (χ4n) is 2.58. The molecule has 0 fully saturated rings. The number of primary amides is 1. The van der Waals surface area contributed by atoms with Crippen LogP contribution in [0.4, 0.5) is 0 Å². The van der Waals surface area contributed by atoms with E-state index in [2.05, 4.69) is 10.1 Å². The van der Waals surface area contributed by atoms with E-state index in [4.69, 9.17) is 22.1 Å². The third-order valence-corrected chi connectivity index (χ3v) is 4.14. The van der Waals surface area contributed by atoms with Gasteiger partial charge in [-0.25, -0.2) is 9.67 Å². The molecule has 2 aromatic carbocycles. The summed E-state index contributed by atoms with van der Waals surface area (Å²) >= 11 is 6.09. The second kappa shape index (κ2) is 6.50. The lowest BCUT2D eigenvalue weighted by Crippen LogP contribution is -2.11. The normalized spacial score (nSPS) is 10.8. The van der Waals surface area contributed by atoms with Crippen LogP contribution in [-0.4, -0.2) is 20.7 Å². The molecule has 0 radical (unpaired) electrons. The number of hydrogen-bond acceptors (Lipinski definition) is 4. The summed E-state index contributed by atoms with van der Waals surface area (Å²) in [6, 6.07) is 16.8. The van der Waals surface area contributed by atoms with E-state index in [1.807, 2.05) is 47.3 Å². The minimum absolute atomic E-state index is 0.203. The zero-order chi connectivity index (χ0) is 18.1. The van der Waals surface area contributed by atoms with E-state index in [0.717, 1.165) is 16.6 Å². The van der Waals surface area contributed by atoms with E-state index in [-0.39, 0.29) is 16.5 Å². The Morgan fingerprint density at radius 2 is 1.85 bits per heavy atom. The van der Waals surface area contributed by atoms with Crippen molar-refractivity contribution in [1.29, 1.82) is 0 Å². The molecule has 0 atom stereocenters. The van der Waals surface area contributed by atoms with Crippen LogP contribution in [-0.2, 0) is 0 Å². The van der Waals surface area contributed by atoms with Crippen LogP contribution in [0.5, 0.6) is 11.6 Å². The van der Waals surface area contributed by atoms with Gasteiger partial charge in [0.05, 0.1) is 23.0 Å². The molecular formula is C19H13ClN4O2. The molecule has 0 aliphatic rings. The number of halogens is 1. The minimum Gasteiger partial charge on any atom is -0.438 e. The van der Waals surface area contributed by atoms with Gasteiger partial charge in [-0.1, -0.05) is 29.8 Å². The molecule has 0 saturated heterocycles. The quantitative estimate of drug-likeness (QED) is 0.594. The fourth-order valence-corrected chi connectivity index (χ4v) is 2.78. The molecule has 0 unspecified atom stereocenters. The summed E-state index contributed by atoms with van der Waals surface area (Å²) in [6.07, 6.45) is 3.15. The molecule has 2 aromatic heterocycles. The van der Waals surface area contributed by atoms with E-state index in [1.165, 1.54) is 12.3 Å². The number of nitrogens with zero attached hydrogens (tertiary/aromatic N) is 3. The largest absolute Gasteiger partial charge is 0.438 e. The Morgan fingerprint density at radius 3 is 2.58 bits per heavy atom. The van der Waals surface area contributed by atoms with Gasteiger partial charge in [0.15, 0.2) is 0 Å². The third-order valence-electron chi connectivity index (χ3n) is 3.86. The van der Waals surface area contributed by atoms with Gasteiger partial charge in [-0.2, -0.15) is 5.10 Å². The Morgan fingerprint density at radius 1 is 1.08 bits per heavy atom. The van der Waals surface area contributed by atoms with Gasteiger partial charge >= 0.3 is 0 Å². The lowest BCUT2D eigenvalue weighted by atomic mass is 10.2. The number of carbonyl (C=O) groups is 1. The number of amides is 1. The molecule has 0 spiro atoms. The SMILES string of the molecule is NC(=O)c1cnc(Oc2ccc(-n3ncc4ccccc43)cc2)c(Cl)c1. The fraction of sp³-hybridized carbons (Fsp3) is 0. The number of para-hydroxylation sites is 1. The summed E-state index contributed by atoms with van der Waals surface area (Å²) in [7, 11) is 0. The summed E-state index contributed by atoms with van der Waals surface area (Å²) < 4.78 is 7.53. The molecule has 4 rings (SSSR count). The molecular weight excluding hydrogens is 352 g/mol. The Bertz CT molecular complexity index is 1110. The molecule has 0 bridgehead atoms. The predicted molar refractivity (Wildman–Crippen MR) is 98.9 cm³/mol. The molecule has 0 aliphatic carbocycles. The van der Waals surface area contributed by atoms with Crippen molar-refractivity contribution in [2.75, 3.05) is 0 Å². The maximum absolute atomic E-state index is 11.1. The van der Waals surface area contributed by atoms with Gasteiger partial charge in [0.1, 0.15) is 10.8 Å². The Labute approximate surface area is 153 Å². The van der Waals surface area contributed by atoms with Crippen LogP contribution in [0.15, 0.2) is 67.0 Å². The van der Waals surface area contributed by atoms with Gasteiger partial charge in [0.2, 0.25) is 11.8 Å². The number of fused-ring (bicyclic) bond motifs is 1. The molecule has 1 amide bonds. The lowest BCUT2D eigenvalue weighted by Gasteiger charge is -2.08. The van der Waals surface area contributed by atoms with Crippen molar-refractivity contribution < 1.29 is 9.53 Å². The van der Waals surface area contributed by atoms with Crippen molar-refractivity contribution in [3.63, 3.8) is 0 Å². The van der Waals surface area contributed by atoms with E-state index in [9.17, 15) is 4.79 Å². The summed E-state index contributed by atoms with van der Waals surface area (Å²) in [6.45, 7) is 0. The topological polar surface area (TPSA) is 83.0 Å². The number of hydrogen-bond donors (Lipinski definition) is 1. The zero-order valence-corrected chi connectivity index (χ0v) is 14.2. The number of pyridine rings is 1. The molecule has 128 valence electrons. The number of benzene rings is 2. The van der Waals surface area contributed by atoms with Gasteiger partial charge in [-0.05, 0) is 36.4 Å². The maximum atomic E-state index is 11.1.